The van der Waals surface area contributed by atoms with E-state index in [-0.39, 0.29) is 4.21 Å². The maximum atomic E-state index is 12.1. The van der Waals surface area contributed by atoms with Crippen LogP contribution in [-0.4, -0.2) is 52.8 Å². The Bertz CT molecular complexity index is 818. The van der Waals surface area contributed by atoms with Crippen LogP contribution in [0.5, 0.6) is 5.75 Å². The molecule has 1 saturated heterocycles. The molecule has 1 aliphatic heterocycles. The first kappa shape index (κ1) is 20.6. The van der Waals surface area contributed by atoms with Crippen LogP contribution < -0.4 is 9.46 Å². The van der Waals surface area contributed by atoms with Crippen LogP contribution in [0, 0.1) is 0 Å². The molecule has 9 heteroatoms. The first-order valence-corrected chi connectivity index (χ1v) is 11.5. The van der Waals surface area contributed by atoms with Gasteiger partial charge in [-0.3, -0.25) is 4.90 Å². The largest absolute Gasteiger partial charge is 0.494 e. The minimum Gasteiger partial charge on any atom is -0.494 e. The Morgan fingerprint density at radius 1 is 1.15 bits per heavy atom. The van der Waals surface area contributed by atoms with Crippen LogP contribution in [0.4, 0.5) is 0 Å². The number of halogens is 1. The van der Waals surface area contributed by atoms with Crippen LogP contribution in [0.15, 0.2) is 40.6 Å². The van der Waals surface area contributed by atoms with Gasteiger partial charge in [-0.15, -0.1) is 11.3 Å². The van der Waals surface area contributed by atoms with Crippen molar-refractivity contribution >= 4 is 33.0 Å². The van der Waals surface area contributed by atoms with Crippen molar-refractivity contribution < 1.29 is 17.9 Å². The van der Waals surface area contributed by atoms with Gasteiger partial charge in [-0.2, -0.15) is 0 Å². The molecule has 148 valence electrons. The number of ether oxygens (including phenoxy) is 2. The molecular weight excluding hydrogens is 408 g/mol. The number of nitrogens with one attached hydrogen (secondary N) is 1. The Labute approximate surface area is 169 Å². The Balaban J connectivity index is 1.36. The summed E-state index contributed by atoms with van der Waals surface area (Å²) in [7, 11) is -3.49. The molecule has 1 fully saturated rings. The standard InChI is InChI=1S/C18H23ClN2O4S2/c19-17-6-7-18(26-17)27(22,23)20-8-1-11-25-16-4-2-15(3-5-16)14-21-9-12-24-13-10-21/h2-7,20H,1,8-14H2. The highest BCUT2D eigenvalue weighted by atomic mass is 35.5. The summed E-state index contributed by atoms with van der Waals surface area (Å²) < 4.78 is 38.4. The molecule has 0 bridgehead atoms. The van der Waals surface area contributed by atoms with E-state index in [4.69, 9.17) is 21.1 Å². The summed E-state index contributed by atoms with van der Waals surface area (Å²) in [4.78, 5) is 2.37. The molecule has 27 heavy (non-hydrogen) atoms. The zero-order chi connectivity index (χ0) is 19.1. The second-order valence-corrected chi connectivity index (χ2v) is 9.90. The predicted molar refractivity (Wildman–Crippen MR) is 107 cm³/mol. The topological polar surface area (TPSA) is 67.9 Å². The quantitative estimate of drug-likeness (QED) is 0.619. The van der Waals surface area contributed by atoms with Gasteiger partial charge in [0, 0.05) is 26.2 Å². The average molecular weight is 431 g/mol. The van der Waals surface area contributed by atoms with Crippen LogP contribution in [-0.2, 0) is 21.3 Å². The van der Waals surface area contributed by atoms with E-state index in [2.05, 4.69) is 21.8 Å². The highest BCUT2D eigenvalue weighted by Crippen LogP contribution is 2.25. The number of sulfonamides is 1. The smallest absolute Gasteiger partial charge is 0.250 e. The molecule has 6 nitrogen and oxygen atoms in total. The van der Waals surface area contributed by atoms with Gasteiger partial charge in [0.25, 0.3) is 0 Å². The van der Waals surface area contributed by atoms with E-state index in [1.807, 2.05) is 12.1 Å². The number of rotatable bonds is 9. The number of hydrogen-bond acceptors (Lipinski definition) is 6. The molecule has 0 radical (unpaired) electrons. The monoisotopic (exact) mass is 430 g/mol. The van der Waals surface area contributed by atoms with E-state index in [1.165, 1.54) is 11.6 Å². The van der Waals surface area contributed by atoms with Gasteiger partial charge >= 0.3 is 0 Å². The van der Waals surface area contributed by atoms with Crippen molar-refractivity contribution in [3.63, 3.8) is 0 Å². The summed E-state index contributed by atoms with van der Waals surface area (Å²) >= 11 is 6.82. The lowest BCUT2D eigenvalue weighted by molar-refractivity contribution is 0.0342. The Morgan fingerprint density at radius 3 is 2.56 bits per heavy atom. The summed E-state index contributed by atoms with van der Waals surface area (Å²) in [5, 5.41) is 0. The van der Waals surface area contributed by atoms with Crippen LogP contribution in [0.1, 0.15) is 12.0 Å². The molecule has 0 unspecified atom stereocenters. The molecule has 0 spiro atoms. The van der Waals surface area contributed by atoms with E-state index in [1.54, 1.807) is 6.07 Å². The molecule has 3 rings (SSSR count). The zero-order valence-electron chi connectivity index (χ0n) is 14.9. The number of benzene rings is 1. The molecule has 0 atom stereocenters. The first-order chi connectivity index (χ1) is 13.0. The van der Waals surface area contributed by atoms with Crippen molar-refractivity contribution in [3.05, 3.63) is 46.3 Å². The van der Waals surface area contributed by atoms with Gasteiger partial charge < -0.3 is 9.47 Å². The molecular formula is C18H23ClN2O4S2. The minimum atomic E-state index is -3.49. The van der Waals surface area contributed by atoms with E-state index in [0.717, 1.165) is 49.9 Å². The van der Waals surface area contributed by atoms with Crippen LogP contribution in [0.2, 0.25) is 4.34 Å². The van der Waals surface area contributed by atoms with Gasteiger partial charge in [0.15, 0.2) is 0 Å². The lowest BCUT2D eigenvalue weighted by Gasteiger charge is -2.26. The number of morpholine rings is 1. The first-order valence-electron chi connectivity index (χ1n) is 8.80. The Hall–Kier alpha value is -1.16. The zero-order valence-corrected chi connectivity index (χ0v) is 17.3. The summed E-state index contributed by atoms with van der Waals surface area (Å²) in [6.07, 6.45) is 0.577. The highest BCUT2D eigenvalue weighted by molar-refractivity contribution is 7.91. The number of hydrogen-bond donors (Lipinski definition) is 1. The number of nitrogens with zero attached hydrogens (tertiary/aromatic N) is 1. The van der Waals surface area contributed by atoms with Gasteiger partial charge in [0.2, 0.25) is 10.0 Å². The van der Waals surface area contributed by atoms with Gasteiger partial charge in [-0.1, -0.05) is 23.7 Å². The van der Waals surface area contributed by atoms with Crippen molar-refractivity contribution in [1.82, 2.24) is 9.62 Å². The second kappa shape index (κ2) is 9.86. The van der Waals surface area contributed by atoms with Gasteiger partial charge in [0.05, 0.1) is 24.2 Å². The third kappa shape index (κ3) is 6.44. The number of thiophene rings is 1. The summed E-state index contributed by atoms with van der Waals surface area (Å²) in [5.74, 6) is 0.786. The second-order valence-electron chi connectivity index (χ2n) is 6.19. The maximum absolute atomic E-state index is 12.1. The lowest BCUT2D eigenvalue weighted by atomic mass is 10.2. The van der Waals surface area contributed by atoms with Crippen LogP contribution in [0.3, 0.4) is 0 Å². The Morgan fingerprint density at radius 2 is 1.89 bits per heavy atom. The van der Waals surface area contributed by atoms with Crippen molar-refractivity contribution in [2.24, 2.45) is 0 Å². The van der Waals surface area contributed by atoms with E-state index in [0.29, 0.717) is 23.9 Å². The fourth-order valence-electron chi connectivity index (χ4n) is 2.69. The molecule has 1 aromatic heterocycles. The minimum absolute atomic E-state index is 0.226. The summed E-state index contributed by atoms with van der Waals surface area (Å²) in [6.45, 7) is 5.19. The molecule has 0 aliphatic carbocycles. The predicted octanol–water partition coefficient (Wildman–Crippen LogP) is 2.98. The normalized spacial score (nSPS) is 15.7. The summed E-state index contributed by atoms with van der Waals surface area (Å²) in [5.41, 5.74) is 1.24. The molecule has 1 N–H and O–H groups in total. The van der Waals surface area contributed by atoms with E-state index >= 15 is 0 Å². The molecule has 1 aliphatic rings. The fourth-order valence-corrected chi connectivity index (χ4v) is 5.29. The van der Waals surface area contributed by atoms with E-state index < -0.39 is 10.0 Å². The molecule has 2 heterocycles. The lowest BCUT2D eigenvalue weighted by Crippen LogP contribution is -2.35. The Kier molecular flexibility index (Phi) is 7.51. The fraction of sp³-hybridized carbons (Fsp3) is 0.444. The van der Waals surface area contributed by atoms with Crippen molar-refractivity contribution in [1.29, 1.82) is 0 Å². The third-order valence-electron chi connectivity index (χ3n) is 4.13. The molecule has 2 aromatic rings. The van der Waals surface area contributed by atoms with E-state index in [9.17, 15) is 8.42 Å². The van der Waals surface area contributed by atoms with Crippen molar-refractivity contribution in [3.8, 4) is 5.75 Å². The molecule has 0 saturated carbocycles. The third-order valence-corrected chi connectivity index (χ3v) is 7.31. The molecule has 1 aromatic carbocycles. The maximum Gasteiger partial charge on any atom is 0.250 e. The van der Waals surface area contributed by atoms with Crippen molar-refractivity contribution in [2.75, 3.05) is 39.5 Å². The van der Waals surface area contributed by atoms with Gasteiger partial charge in [-0.05, 0) is 36.2 Å². The highest BCUT2D eigenvalue weighted by Gasteiger charge is 2.15. The molecule has 0 amide bonds. The average Bonchev–Trinajstić information content (AvgIpc) is 3.11. The van der Waals surface area contributed by atoms with Gasteiger partial charge in [-0.25, -0.2) is 13.1 Å². The van der Waals surface area contributed by atoms with Gasteiger partial charge in [0.1, 0.15) is 9.96 Å². The summed E-state index contributed by atoms with van der Waals surface area (Å²) in [6, 6.07) is 11.1. The SMILES string of the molecule is O=S(=O)(NCCCOc1ccc(CN2CCOCC2)cc1)c1ccc(Cl)s1. The van der Waals surface area contributed by atoms with Crippen LogP contribution >= 0.6 is 22.9 Å². The van der Waals surface area contributed by atoms with Crippen LogP contribution in [0.25, 0.3) is 0 Å². The van der Waals surface area contributed by atoms with Crippen molar-refractivity contribution in [2.45, 2.75) is 17.2 Å².